The Balaban J connectivity index is 2.73. The van der Waals surface area contributed by atoms with Crippen LogP contribution in [-0.4, -0.2) is 32.1 Å². The van der Waals surface area contributed by atoms with E-state index in [1.54, 1.807) is 0 Å². The summed E-state index contributed by atoms with van der Waals surface area (Å²) in [7, 11) is 0. The molecule has 0 fully saturated rings. The number of halogens is 1. The summed E-state index contributed by atoms with van der Waals surface area (Å²) < 4.78 is 0. The summed E-state index contributed by atoms with van der Waals surface area (Å²) in [6.45, 7) is 6.52. The topological polar surface area (TPSA) is 24.1 Å². The normalized spacial score (nSPS) is 10.5. The maximum Gasteiger partial charge on any atom is 0.0235 e. The van der Waals surface area contributed by atoms with Gasteiger partial charge in [-0.15, -0.1) is 11.6 Å². The summed E-state index contributed by atoms with van der Waals surface area (Å²) in [5.74, 6) is 0.760. The lowest BCUT2D eigenvalue weighted by atomic mass is 10.3. The molecule has 0 spiro atoms. The van der Waals surface area contributed by atoms with Crippen molar-refractivity contribution in [2.75, 3.05) is 32.1 Å². The number of nitrogens with one attached hydrogen (secondary N) is 2. The van der Waals surface area contributed by atoms with E-state index in [1.165, 1.54) is 12.8 Å². The Morgan fingerprint density at radius 3 is 2.00 bits per heavy atom. The summed E-state index contributed by atoms with van der Waals surface area (Å²) in [4.78, 5) is 0. The minimum absolute atomic E-state index is 0.760. The summed E-state index contributed by atoms with van der Waals surface area (Å²) >= 11 is 5.53. The highest BCUT2D eigenvalue weighted by atomic mass is 35.5. The van der Waals surface area contributed by atoms with E-state index in [2.05, 4.69) is 17.6 Å². The van der Waals surface area contributed by atoms with Crippen LogP contribution in [0.3, 0.4) is 0 Å². The van der Waals surface area contributed by atoms with E-state index >= 15 is 0 Å². The third kappa shape index (κ3) is 10.2. The zero-order valence-corrected chi connectivity index (χ0v) is 8.79. The monoisotopic (exact) mass is 192 g/mol. The first-order chi connectivity index (χ1) is 5.91. The van der Waals surface area contributed by atoms with Gasteiger partial charge in [0.1, 0.15) is 0 Å². The Morgan fingerprint density at radius 1 is 0.917 bits per heavy atom. The molecule has 0 aliphatic heterocycles. The Kier molecular flexibility index (Phi) is 11.4. The van der Waals surface area contributed by atoms with Crippen molar-refractivity contribution < 1.29 is 0 Å². The second-order valence-corrected chi connectivity index (χ2v) is 3.27. The third-order valence-corrected chi connectivity index (χ3v) is 1.94. The van der Waals surface area contributed by atoms with Gasteiger partial charge in [0.15, 0.2) is 0 Å². The molecule has 74 valence electrons. The van der Waals surface area contributed by atoms with Gasteiger partial charge in [0.05, 0.1) is 0 Å². The van der Waals surface area contributed by atoms with Crippen LogP contribution in [-0.2, 0) is 0 Å². The zero-order valence-electron chi connectivity index (χ0n) is 8.03. The predicted molar refractivity (Wildman–Crippen MR) is 56.0 cm³/mol. The van der Waals surface area contributed by atoms with E-state index in [4.69, 9.17) is 11.6 Å². The number of unbranched alkanes of at least 4 members (excludes halogenated alkanes) is 1. The molecule has 0 unspecified atom stereocenters. The van der Waals surface area contributed by atoms with Crippen molar-refractivity contribution in [2.45, 2.75) is 26.2 Å². The molecule has 0 aliphatic carbocycles. The first-order valence-corrected chi connectivity index (χ1v) is 5.42. The van der Waals surface area contributed by atoms with Crippen LogP contribution in [0.4, 0.5) is 0 Å². The van der Waals surface area contributed by atoms with Gasteiger partial charge in [-0.2, -0.15) is 0 Å². The maximum atomic E-state index is 5.53. The molecule has 2 nitrogen and oxygen atoms in total. The smallest absolute Gasteiger partial charge is 0.0235 e. The van der Waals surface area contributed by atoms with Gasteiger partial charge in [0.25, 0.3) is 0 Å². The summed E-state index contributed by atoms with van der Waals surface area (Å²) in [6, 6.07) is 0. The Morgan fingerprint density at radius 2 is 1.50 bits per heavy atom. The van der Waals surface area contributed by atoms with E-state index in [-0.39, 0.29) is 0 Å². The van der Waals surface area contributed by atoms with Crippen molar-refractivity contribution in [3.63, 3.8) is 0 Å². The van der Waals surface area contributed by atoms with Gasteiger partial charge in [0.2, 0.25) is 0 Å². The van der Waals surface area contributed by atoms with Crippen LogP contribution < -0.4 is 10.6 Å². The highest BCUT2D eigenvalue weighted by molar-refractivity contribution is 6.17. The van der Waals surface area contributed by atoms with Gasteiger partial charge in [-0.3, -0.25) is 0 Å². The van der Waals surface area contributed by atoms with Gasteiger partial charge in [-0.1, -0.05) is 13.3 Å². The zero-order chi connectivity index (χ0) is 9.07. The fourth-order valence-corrected chi connectivity index (χ4v) is 1.05. The lowest BCUT2D eigenvalue weighted by molar-refractivity contribution is 0.591. The van der Waals surface area contributed by atoms with Crippen molar-refractivity contribution in [3.05, 3.63) is 0 Å². The van der Waals surface area contributed by atoms with Gasteiger partial charge in [-0.05, 0) is 25.9 Å². The predicted octanol–water partition coefficient (Wildman–Crippen LogP) is 1.59. The molecule has 2 N–H and O–H groups in total. The molecule has 0 heterocycles. The molecule has 12 heavy (non-hydrogen) atoms. The fraction of sp³-hybridized carbons (Fsp3) is 1.00. The van der Waals surface area contributed by atoms with Crippen LogP contribution in [0, 0.1) is 0 Å². The van der Waals surface area contributed by atoms with E-state index in [1.807, 2.05) is 0 Å². The van der Waals surface area contributed by atoms with Gasteiger partial charge >= 0.3 is 0 Å². The fourth-order valence-electron chi connectivity index (χ4n) is 0.920. The molecule has 0 aromatic carbocycles. The van der Waals surface area contributed by atoms with Crippen LogP contribution in [0.1, 0.15) is 26.2 Å². The summed E-state index contributed by atoms with van der Waals surface area (Å²) in [5, 5.41) is 6.68. The Labute approximate surface area is 81.1 Å². The number of hydrogen-bond donors (Lipinski definition) is 2. The van der Waals surface area contributed by atoms with Gasteiger partial charge in [-0.25, -0.2) is 0 Å². The van der Waals surface area contributed by atoms with E-state index in [0.717, 1.165) is 38.5 Å². The minimum atomic E-state index is 0.760. The lowest BCUT2D eigenvalue weighted by Gasteiger charge is -2.04. The third-order valence-electron chi connectivity index (χ3n) is 1.67. The molecule has 0 aromatic heterocycles. The van der Waals surface area contributed by atoms with Crippen LogP contribution in [0.2, 0.25) is 0 Å². The largest absolute Gasteiger partial charge is 0.315 e. The molecule has 0 atom stereocenters. The summed E-state index contributed by atoms with van der Waals surface area (Å²) in [5.41, 5.74) is 0. The molecule has 3 heteroatoms. The van der Waals surface area contributed by atoms with Gasteiger partial charge in [0, 0.05) is 19.0 Å². The first-order valence-electron chi connectivity index (χ1n) is 4.89. The first kappa shape index (κ1) is 12.2. The highest BCUT2D eigenvalue weighted by Gasteiger charge is 1.87. The second kappa shape index (κ2) is 11.2. The maximum absolute atomic E-state index is 5.53. The molecule has 0 amide bonds. The molecule has 0 aromatic rings. The molecular weight excluding hydrogens is 172 g/mol. The van der Waals surface area contributed by atoms with Crippen LogP contribution in [0.25, 0.3) is 0 Å². The highest BCUT2D eigenvalue weighted by Crippen LogP contribution is 1.81. The average Bonchev–Trinajstić information content (AvgIpc) is 2.10. The minimum Gasteiger partial charge on any atom is -0.315 e. The van der Waals surface area contributed by atoms with Crippen molar-refractivity contribution >= 4 is 11.6 Å². The van der Waals surface area contributed by atoms with Crippen LogP contribution >= 0.6 is 11.6 Å². The standard InChI is InChI=1S/C9H21ClN2/c1-2-3-6-11-8-9-12-7-4-5-10/h11-12H,2-9H2,1H3. The summed E-state index contributed by atoms with van der Waals surface area (Å²) in [6.07, 6.45) is 3.62. The molecular formula is C9H21ClN2. The lowest BCUT2D eigenvalue weighted by Crippen LogP contribution is -2.28. The van der Waals surface area contributed by atoms with E-state index < -0.39 is 0 Å². The van der Waals surface area contributed by atoms with Crippen LogP contribution in [0.15, 0.2) is 0 Å². The van der Waals surface area contributed by atoms with Crippen molar-refractivity contribution in [1.82, 2.24) is 10.6 Å². The van der Waals surface area contributed by atoms with Crippen LogP contribution in [0.5, 0.6) is 0 Å². The van der Waals surface area contributed by atoms with Gasteiger partial charge < -0.3 is 10.6 Å². The molecule has 0 aliphatic rings. The molecule has 0 saturated heterocycles. The number of alkyl halides is 1. The molecule has 0 bridgehead atoms. The SMILES string of the molecule is CCCCNCCNCCCCl. The Bertz CT molecular complexity index is 68.9. The van der Waals surface area contributed by atoms with E-state index in [9.17, 15) is 0 Å². The number of hydrogen-bond acceptors (Lipinski definition) is 2. The second-order valence-electron chi connectivity index (χ2n) is 2.90. The Hall–Kier alpha value is 0.210. The quantitative estimate of drug-likeness (QED) is 0.429. The van der Waals surface area contributed by atoms with E-state index in [0.29, 0.717) is 0 Å². The van der Waals surface area contributed by atoms with Crippen molar-refractivity contribution in [2.24, 2.45) is 0 Å². The molecule has 0 saturated carbocycles. The number of rotatable bonds is 9. The molecule has 0 radical (unpaired) electrons. The average molecular weight is 193 g/mol. The van der Waals surface area contributed by atoms with Crippen molar-refractivity contribution in [1.29, 1.82) is 0 Å². The van der Waals surface area contributed by atoms with Crippen molar-refractivity contribution in [3.8, 4) is 0 Å². The molecule has 0 rings (SSSR count).